The number of anilines is 1. The number of benzene rings is 1. The minimum absolute atomic E-state index is 0.0777. The van der Waals surface area contributed by atoms with Crippen molar-refractivity contribution in [3.8, 4) is 0 Å². The second-order valence-corrected chi connectivity index (χ2v) is 5.52. The summed E-state index contributed by atoms with van der Waals surface area (Å²) in [5.41, 5.74) is 0.889. The number of hydrogen-bond donors (Lipinski definition) is 1. The van der Waals surface area contributed by atoms with Crippen LogP contribution in [0.15, 0.2) is 24.3 Å². The molecule has 1 atom stereocenters. The first-order valence-electron chi connectivity index (χ1n) is 7.51. The van der Waals surface area contributed by atoms with Gasteiger partial charge in [-0.25, -0.2) is 0 Å². The molecule has 0 spiro atoms. The van der Waals surface area contributed by atoms with E-state index in [9.17, 15) is 14.4 Å². The molecule has 6 nitrogen and oxygen atoms in total. The molecule has 1 aromatic carbocycles. The number of ether oxygens (including phenoxy) is 1. The maximum atomic E-state index is 12.2. The van der Waals surface area contributed by atoms with Crippen molar-refractivity contribution in [1.29, 1.82) is 0 Å². The molecule has 1 N–H and O–H groups in total. The van der Waals surface area contributed by atoms with E-state index < -0.39 is 0 Å². The summed E-state index contributed by atoms with van der Waals surface area (Å²) >= 11 is 0. The van der Waals surface area contributed by atoms with Gasteiger partial charge < -0.3 is 10.1 Å². The van der Waals surface area contributed by atoms with Gasteiger partial charge in [0.25, 0.3) is 5.91 Å². The first kappa shape index (κ1) is 14.7. The summed E-state index contributed by atoms with van der Waals surface area (Å²) < 4.78 is 5.46. The number of imide groups is 1. The number of nitrogens with zero attached hydrogens (tertiary/aromatic N) is 1. The monoisotopic (exact) mass is 302 g/mol. The van der Waals surface area contributed by atoms with Crippen LogP contribution in [0.4, 0.5) is 5.69 Å². The molecule has 0 bridgehead atoms. The zero-order chi connectivity index (χ0) is 15.5. The number of carbonyl (C=O) groups is 3. The third-order valence-corrected chi connectivity index (χ3v) is 3.93. The Morgan fingerprint density at radius 3 is 2.73 bits per heavy atom. The van der Waals surface area contributed by atoms with Gasteiger partial charge in [0.15, 0.2) is 0 Å². The maximum absolute atomic E-state index is 12.2. The molecule has 3 rings (SSSR count). The summed E-state index contributed by atoms with van der Waals surface area (Å²) in [5, 5.41) is 2.83. The van der Waals surface area contributed by atoms with Crippen molar-refractivity contribution in [2.75, 3.05) is 18.1 Å². The number of nitrogens with one attached hydrogen (secondary N) is 1. The molecule has 22 heavy (non-hydrogen) atoms. The molecule has 2 saturated heterocycles. The van der Waals surface area contributed by atoms with Crippen molar-refractivity contribution < 1.29 is 19.1 Å². The van der Waals surface area contributed by atoms with Gasteiger partial charge in [-0.05, 0) is 31.0 Å². The molecule has 0 aromatic heterocycles. The highest BCUT2D eigenvalue weighted by Gasteiger charge is 2.30. The van der Waals surface area contributed by atoms with Crippen LogP contribution in [0.1, 0.15) is 36.0 Å². The van der Waals surface area contributed by atoms with Crippen molar-refractivity contribution >= 4 is 23.4 Å². The molecule has 6 heteroatoms. The molecule has 2 heterocycles. The second-order valence-electron chi connectivity index (χ2n) is 5.52. The Morgan fingerprint density at radius 1 is 1.27 bits per heavy atom. The molecular weight excluding hydrogens is 284 g/mol. The van der Waals surface area contributed by atoms with Crippen molar-refractivity contribution in [3.63, 3.8) is 0 Å². The Kier molecular flexibility index (Phi) is 4.20. The highest BCUT2D eigenvalue weighted by molar-refractivity contribution is 6.20. The zero-order valence-electron chi connectivity index (χ0n) is 12.2. The summed E-state index contributed by atoms with van der Waals surface area (Å²) in [4.78, 5) is 36.8. The summed E-state index contributed by atoms with van der Waals surface area (Å²) in [5.74, 6) is -0.666. The van der Waals surface area contributed by atoms with Gasteiger partial charge in [-0.2, -0.15) is 0 Å². The molecule has 2 aliphatic rings. The van der Waals surface area contributed by atoms with Gasteiger partial charge in [0.1, 0.15) is 0 Å². The van der Waals surface area contributed by atoms with Gasteiger partial charge in [0, 0.05) is 31.6 Å². The minimum Gasteiger partial charge on any atom is -0.376 e. The molecule has 2 fully saturated rings. The number of rotatable bonds is 4. The zero-order valence-corrected chi connectivity index (χ0v) is 12.2. The van der Waals surface area contributed by atoms with E-state index in [1.54, 1.807) is 24.3 Å². The van der Waals surface area contributed by atoms with E-state index in [1.165, 1.54) is 0 Å². The summed E-state index contributed by atoms with van der Waals surface area (Å²) in [6, 6.07) is 6.58. The summed E-state index contributed by atoms with van der Waals surface area (Å²) in [6.07, 6.45) is 2.52. The van der Waals surface area contributed by atoms with E-state index in [0.717, 1.165) is 24.3 Å². The minimum atomic E-state index is -0.226. The lowest BCUT2D eigenvalue weighted by atomic mass is 10.1. The highest BCUT2D eigenvalue weighted by Crippen LogP contribution is 2.23. The van der Waals surface area contributed by atoms with Crippen LogP contribution >= 0.6 is 0 Å². The fourth-order valence-electron chi connectivity index (χ4n) is 2.76. The Balaban J connectivity index is 1.69. The van der Waals surface area contributed by atoms with E-state index in [-0.39, 0.29) is 36.7 Å². The van der Waals surface area contributed by atoms with Crippen LogP contribution in [0.2, 0.25) is 0 Å². The molecule has 3 amide bonds. The van der Waals surface area contributed by atoms with E-state index in [2.05, 4.69) is 5.32 Å². The van der Waals surface area contributed by atoms with Crippen LogP contribution in [0.5, 0.6) is 0 Å². The van der Waals surface area contributed by atoms with E-state index in [1.807, 2.05) is 0 Å². The summed E-state index contributed by atoms with van der Waals surface area (Å²) in [6.45, 7) is 1.22. The lowest BCUT2D eigenvalue weighted by Gasteiger charge is -2.15. The predicted octanol–water partition coefficient (Wildman–Crippen LogP) is 1.25. The lowest BCUT2D eigenvalue weighted by Crippen LogP contribution is -2.32. The SMILES string of the molecule is O=C(NC[C@@H]1CCCO1)c1cccc(N2C(=O)CCC2=O)c1. The number of amides is 3. The van der Waals surface area contributed by atoms with Crippen molar-refractivity contribution in [3.05, 3.63) is 29.8 Å². The van der Waals surface area contributed by atoms with Gasteiger partial charge in [0.05, 0.1) is 11.8 Å². The van der Waals surface area contributed by atoms with Crippen molar-refractivity contribution in [2.24, 2.45) is 0 Å². The fraction of sp³-hybridized carbons (Fsp3) is 0.438. The molecular formula is C16H18N2O4. The van der Waals surface area contributed by atoms with Crippen LogP contribution in [0, 0.1) is 0 Å². The van der Waals surface area contributed by atoms with Crippen LogP contribution in [0.3, 0.4) is 0 Å². The Labute approximate surface area is 128 Å². The normalized spacial score (nSPS) is 21.5. The van der Waals surface area contributed by atoms with Crippen LogP contribution in [0.25, 0.3) is 0 Å². The third kappa shape index (κ3) is 3.01. The Bertz CT molecular complexity index is 592. The lowest BCUT2D eigenvalue weighted by molar-refractivity contribution is -0.121. The van der Waals surface area contributed by atoms with Gasteiger partial charge in [-0.15, -0.1) is 0 Å². The second kappa shape index (κ2) is 6.27. The van der Waals surface area contributed by atoms with E-state index in [4.69, 9.17) is 4.74 Å². The topological polar surface area (TPSA) is 75.7 Å². The van der Waals surface area contributed by atoms with Crippen LogP contribution in [-0.4, -0.2) is 37.0 Å². The quantitative estimate of drug-likeness (QED) is 0.849. The molecule has 0 aliphatic carbocycles. The van der Waals surface area contributed by atoms with Gasteiger partial charge in [0.2, 0.25) is 11.8 Å². The predicted molar refractivity (Wildman–Crippen MR) is 79.5 cm³/mol. The maximum Gasteiger partial charge on any atom is 0.251 e. The smallest absolute Gasteiger partial charge is 0.251 e. The van der Waals surface area contributed by atoms with Crippen LogP contribution < -0.4 is 10.2 Å². The van der Waals surface area contributed by atoms with Crippen molar-refractivity contribution in [1.82, 2.24) is 5.32 Å². The Hall–Kier alpha value is -2.21. The molecule has 1 aromatic rings. The van der Waals surface area contributed by atoms with Crippen LogP contribution in [-0.2, 0) is 14.3 Å². The average molecular weight is 302 g/mol. The van der Waals surface area contributed by atoms with Gasteiger partial charge >= 0.3 is 0 Å². The molecule has 0 unspecified atom stereocenters. The summed E-state index contributed by atoms with van der Waals surface area (Å²) in [7, 11) is 0. The first-order valence-corrected chi connectivity index (χ1v) is 7.51. The average Bonchev–Trinajstić information content (AvgIpc) is 3.15. The standard InChI is InChI=1S/C16H18N2O4/c19-14-6-7-15(20)18(14)12-4-1-3-11(9-12)16(21)17-10-13-5-2-8-22-13/h1,3-4,9,13H,2,5-8,10H2,(H,17,21)/t13-/m0/s1. The number of carbonyl (C=O) groups excluding carboxylic acids is 3. The van der Waals surface area contributed by atoms with E-state index >= 15 is 0 Å². The van der Waals surface area contributed by atoms with Gasteiger partial charge in [-0.1, -0.05) is 6.07 Å². The van der Waals surface area contributed by atoms with Crippen molar-refractivity contribution in [2.45, 2.75) is 31.8 Å². The Morgan fingerprint density at radius 2 is 2.05 bits per heavy atom. The number of hydrogen-bond acceptors (Lipinski definition) is 4. The highest BCUT2D eigenvalue weighted by atomic mass is 16.5. The third-order valence-electron chi connectivity index (χ3n) is 3.93. The van der Waals surface area contributed by atoms with Gasteiger partial charge in [-0.3, -0.25) is 19.3 Å². The first-order chi connectivity index (χ1) is 10.6. The largest absolute Gasteiger partial charge is 0.376 e. The molecule has 0 radical (unpaired) electrons. The van der Waals surface area contributed by atoms with E-state index in [0.29, 0.717) is 17.8 Å². The molecule has 116 valence electrons. The molecule has 2 aliphatic heterocycles. The molecule has 0 saturated carbocycles. The fourth-order valence-corrected chi connectivity index (χ4v) is 2.76.